The maximum Gasteiger partial charge on any atom is 0.0419 e. The molecule has 3 N–H and O–H groups in total. The first-order chi connectivity index (χ1) is 9.11. The Balaban J connectivity index is 2.09. The second-order valence-corrected chi connectivity index (χ2v) is 6.23. The van der Waals surface area contributed by atoms with Crippen molar-refractivity contribution in [3.8, 4) is 0 Å². The number of rotatable bonds is 4. The minimum absolute atomic E-state index is 0.256. The van der Waals surface area contributed by atoms with Gasteiger partial charge in [-0.25, -0.2) is 0 Å². The predicted molar refractivity (Wildman–Crippen MR) is 82.9 cm³/mol. The van der Waals surface area contributed by atoms with Gasteiger partial charge in [-0.2, -0.15) is 0 Å². The smallest absolute Gasteiger partial charge is 0.0419 e. The second kappa shape index (κ2) is 6.81. The molecule has 0 bridgehead atoms. The first-order valence-electron chi connectivity index (χ1n) is 6.70. The zero-order valence-electron chi connectivity index (χ0n) is 11.6. The molecule has 0 aromatic heterocycles. The first-order valence-corrected chi connectivity index (χ1v) is 7.49. The van der Waals surface area contributed by atoms with Gasteiger partial charge in [0, 0.05) is 36.2 Å². The van der Waals surface area contributed by atoms with E-state index >= 15 is 0 Å². The van der Waals surface area contributed by atoms with Gasteiger partial charge in [0.15, 0.2) is 0 Å². The van der Waals surface area contributed by atoms with Gasteiger partial charge >= 0.3 is 0 Å². The van der Waals surface area contributed by atoms with Gasteiger partial charge in [-0.15, -0.1) is 0 Å². The summed E-state index contributed by atoms with van der Waals surface area (Å²) in [7, 11) is 4.36. The van der Waals surface area contributed by atoms with E-state index in [-0.39, 0.29) is 6.04 Å². The maximum absolute atomic E-state index is 5.80. The highest BCUT2D eigenvalue weighted by atomic mass is 79.9. The molecule has 1 aliphatic heterocycles. The number of benzene rings is 1. The summed E-state index contributed by atoms with van der Waals surface area (Å²) in [5.41, 5.74) is 4.31. The topological polar surface area (TPSA) is 44.5 Å². The fourth-order valence-electron chi connectivity index (χ4n) is 2.69. The van der Waals surface area contributed by atoms with Crippen LogP contribution in [0.2, 0.25) is 0 Å². The molecule has 0 aliphatic carbocycles. The van der Waals surface area contributed by atoms with Gasteiger partial charge in [0.1, 0.15) is 0 Å². The molecular weight excluding hydrogens is 304 g/mol. The highest BCUT2D eigenvalue weighted by Crippen LogP contribution is 2.20. The van der Waals surface area contributed by atoms with Crippen LogP contribution in [0.15, 0.2) is 28.7 Å². The van der Waals surface area contributed by atoms with E-state index in [9.17, 15) is 0 Å². The van der Waals surface area contributed by atoms with E-state index in [0.29, 0.717) is 6.04 Å². The maximum atomic E-state index is 5.80. The molecule has 0 saturated carbocycles. The molecule has 1 aromatic carbocycles. The van der Waals surface area contributed by atoms with Crippen LogP contribution in [0.4, 0.5) is 0 Å². The van der Waals surface area contributed by atoms with E-state index in [2.05, 4.69) is 63.4 Å². The minimum atomic E-state index is 0.256. The Labute approximate surface area is 124 Å². The summed E-state index contributed by atoms with van der Waals surface area (Å²) in [6, 6.07) is 9.05. The Kier molecular flexibility index (Phi) is 5.36. The largest absolute Gasteiger partial charge is 0.303 e. The van der Waals surface area contributed by atoms with Crippen molar-refractivity contribution in [2.75, 3.05) is 33.7 Å². The van der Waals surface area contributed by atoms with E-state index in [4.69, 9.17) is 5.84 Å². The zero-order chi connectivity index (χ0) is 13.8. The van der Waals surface area contributed by atoms with Crippen LogP contribution in [0.3, 0.4) is 0 Å². The molecule has 5 heteroatoms. The molecule has 2 unspecified atom stereocenters. The lowest BCUT2D eigenvalue weighted by atomic mass is 9.97. The summed E-state index contributed by atoms with van der Waals surface area (Å²) in [5, 5.41) is 0. The highest BCUT2D eigenvalue weighted by Gasteiger charge is 2.29. The lowest BCUT2D eigenvalue weighted by molar-refractivity contribution is 0.0876. The van der Waals surface area contributed by atoms with Crippen LogP contribution in [-0.4, -0.2) is 55.6 Å². The molecule has 4 nitrogen and oxygen atoms in total. The van der Waals surface area contributed by atoms with Crippen molar-refractivity contribution in [1.82, 2.24) is 15.2 Å². The van der Waals surface area contributed by atoms with E-state index in [1.54, 1.807) is 0 Å². The average molecular weight is 327 g/mol. The standard InChI is InChI=1S/C14H23BrN4/c1-18-7-8-19(2)14(10-18)13(17-16)9-11-5-3-4-6-12(11)15/h3-6,13-14,17H,7-10,16H2,1-2H3. The third-order valence-electron chi connectivity index (χ3n) is 3.98. The van der Waals surface area contributed by atoms with Crippen molar-refractivity contribution < 1.29 is 0 Å². The van der Waals surface area contributed by atoms with Crippen molar-refractivity contribution in [2.45, 2.75) is 18.5 Å². The van der Waals surface area contributed by atoms with Crippen molar-refractivity contribution in [2.24, 2.45) is 5.84 Å². The van der Waals surface area contributed by atoms with Crippen LogP contribution >= 0.6 is 15.9 Å². The summed E-state index contributed by atoms with van der Waals surface area (Å²) in [6.45, 7) is 3.27. The minimum Gasteiger partial charge on any atom is -0.303 e. The lowest BCUT2D eigenvalue weighted by Crippen LogP contribution is -2.60. The Hall–Kier alpha value is -0.460. The molecule has 1 saturated heterocycles. The Morgan fingerprint density at radius 3 is 2.79 bits per heavy atom. The molecule has 1 fully saturated rings. The third kappa shape index (κ3) is 3.77. The molecule has 1 aliphatic rings. The highest BCUT2D eigenvalue weighted by molar-refractivity contribution is 9.10. The second-order valence-electron chi connectivity index (χ2n) is 5.38. The number of piperazine rings is 1. The van der Waals surface area contributed by atoms with Crippen molar-refractivity contribution in [1.29, 1.82) is 0 Å². The van der Waals surface area contributed by atoms with Crippen molar-refractivity contribution in [3.63, 3.8) is 0 Å². The molecule has 0 amide bonds. The van der Waals surface area contributed by atoms with Crippen LogP contribution in [0.5, 0.6) is 0 Å². The molecule has 106 valence electrons. The quantitative estimate of drug-likeness (QED) is 0.641. The van der Waals surface area contributed by atoms with Gasteiger partial charge in [0.2, 0.25) is 0 Å². The number of hydrazine groups is 1. The number of nitrogens with zero attached hydrogens (tertiary/aromatic N) is 2. The number of halogens is 1. The van der Waals surface area contributed by atoms with Crippen LogP contribution in [-0.2, 0) is 6.42 Å². The zero-order valence-corrected chi connectivity index (χ0v) is 13.2. The van der Waals surface area contributed by atoms with E-state index in [1.165, 1.54) is 5.56 Å². The van der Waals surface area contributed by atoms with Gasteiger partial charge in [0.05, 0.1) is 0 Å². The SMILES string of the molecule is CN1CCN(C)C(C(Cc2ccccc2Br)NN)C1. The van der Waals surface area contributed by atoms with Gasteiger partial charge in [-0.3, -0.25) is 16.2 Å². The fraction of sp³-hybridized carbons (Fsp3) is 0.571. The summed E-state index contributed by atoms with van der Waals surface area (Å²) in [4.78, 5) is 4.77. The summed E-state index contributed by atoms with van der Waals surface area (Å²) >= 11 is 3.61. The van der Waals surface area contributed by atoms with E-state index in [0.717, 1.165) is 30.5 Å². The molecule has 2 rings (SSSR count). The number of likely N-dealkylation sites (N-methyl/N-ethyl adjacent to an activating group) is 2. The molecule has 2 atom stereocenters. The van der Waals surface area contributed by atoms with E-state index < -0.39 is 0 Å². The van der Waals surface area contributed by atoms with E-state index in [1.807, 2.05) is 6.07 Å². The summed E-state index contributed by atoms with van der Waals surface area (Å²) in [5.74, 6) is 5.80. The third-order valence-corrected chi connectivity index (χ3v) is 4.75. The van der Waals surface area contributed by atoms with Crippen LogP contribution in [0, 0.1) is 0 Å². The van der Waals surface area contributed by atoms with Crippen LogP contribution < -0.4 is 11.3 Å². The summed E-state index contributed by atoms with van der Waals surface area (Å²) < 4.78 is 1.15. The Morgan fingerprint density at radius 2 is 2.11 bits per heavy atom. The molecule has 0 spiro atoms. The number of nitrogens with two attached hydrogens (primary N) is 1. The molecule has 0 radical (unpaired) electrons. The molecule has 19 heavy (non-hydrogen) atoms. The number of nitrogens with one attached hydrogen (secondary N) is 1. The monoisotopic (exact) mass is 326 g/mol. The fourth-order valence-corrected chi connectivity index (χ4v) is 3.13. The van der Waals surface area contributed by atoms with Gasteiger partial charge in [-0.1, -0.05) is 34.1 Å². The van der Waals surface area contributed by atoms with Gasteiger partial charge < -0.3 is 4.90 Å². The average Bonchev–Trinajstić information content (AvgIpc) is 2.41. The van der Waals surface area contributed by atoms with Crippen LogP contribution in [0.1, 0.15) is 5.56 Å². The Morgan fingerprint density at radius 1 is 1.37 bits per heavy atom. The lowest BCUT2D eigenvalue weighted by Gasteiger charge is -2.41. The van der Waals surface area contributed by atoms with Crippen molar-refractivity contribution in [3.05, 3.63) is 34.3 Å². The molecule has 1 heterocycles. The van der Waals surface area contributed by atoms with Crippen LogP contribution in [0.25, 0.3) is 0 Å². The molecule has 1 aromatic rings. The van der Waals surface area contributed by atoms with Gasteiger partial charge in [-0.05, 0) is 32.1 Å². The number of hydrogen-bond acceptors (Lipinski definition) is 4. The number of hydrogen-bond donors (Lipinski definition) is 2. The summed E-state index contributed by atoms with van der Waals surface area (Å²) in [6.07, 6.45) is 0.931. The predicted octanol–water partition coefficient (Wildman–Crippen LogP) is 1.07. The normalized spacial score (nSPS) is 23.5. The van der Waals surface area contributed by atoms with Crippen molar-refractivity contribution >= 4 is 15.9 Å². The first kappa shape index (κ1) is 14.9. The Bertz CT molecular complexity index is 412. The van der Waals surface area contributed by atoms with Gasteiger partial charge in [0.25, 0.3) is 0 Å². The molecular formula is C14H23BrN4.